The average Bonchev–Trinajstić information content (AvgIpc) is 2.34. The van der Waals surface area contributed by atoms with Crippen molar-refractivity contribution in [1.29, 1.82) is 0 Å². The summed E-state index contributed by atoms with van der Waals surface area (Å²) in [4.78, 5) is 10.3. The predicted molar refractivity (Wildman–Crippen MR) is 49.4 cm³/mol. The van der Waals surface area contributed by atoms with Crippen LogP contribution >= 0.6 is 12.4 Å². The van der Waals surface area contributed by atoms with Crippen LogP contribution in [0.3, 0.4) is 0 Å². The molecule has 0 amide bonds. The number of anilines is 1. The molecule has 0 aliphatic heterocycles. The molecular formula is C7H11ClN2O2. The summed E-state index contributed by atoms with van der Waals surface area (Å²) >= 11 is 0. The fourth-order valence-corrected chi connectivity index (χ4v) is 0.826. The minimum Gasteiger partial charge on any atom is -0.477 e. The van der Waals surface area contributed by atoms with Crippen LogP contribution in [0.2, 0.25) is 0 Å². The highest BCUT2D eigenvalue weighted by Crippen LogP contribution is 2.20. The number of rotatable bonds is 3. The minimum atomic E-state index is 0. The maximum absolute atomic E-state index is 10.3. The molecule has 0 aromatic carbocycles. The first kappa shape index (κ1) is 10.8. The summed E-state index contributed by atoms with van der Waals surface area (Å²) in [7, 11) is 0. The van der Waals surface area contributed by atoms with Crippen molar-refractivity contribution in [3.63, 3.8) is 0 Å². The summed E-state index contributed by atoms with van der Waals surface area (Å²) in [5.41, 5.74) is 5.98. The highest BCUT2D eigenvalue weighted by Gasteiger charge is 2.04. The standard InChI is InChI=1S/C7H10N2O2.ClH/c1-2-11-7-6(8)3-4-9(7)5-10;/h3-5H,2,8H2,1H3;1H. The van der Waals surface area contributed by atoms with Gasteiger partial charge in [0.1, 0.15) is 0 Å². The molecule has 2 N–H and O–H groups in total. The van der Waals surface area contributed by atoms with E-state index in [0.717, 1.165) is 0 Å². The van der Waals surface area contributed by atoms with Crippen LogP contribution in [-0.2, 0) is 4.79 Å². The van der Waals surface area contributed by atoms with Gasteiger partial charge in [-0.2, -0.15) is 0 Å². The highest BCUT2D eigenvalue weighted by atomic mass is 35.5. The van der Waals surface area contributed by atoms with E-state index in [-0.39, 0.29) is 12.4 Å². The Bertz CT molecular complexity index is 260. The number of ether oxygens (including phenoxy) is 1. The summed E-state index contributed by atoms with van der Waals surface area (Å²) in [5, 5.41) is 0. The van der Waals surface area contributed by atoms with Crippen LogP contribution in [0.5, 0.6) is 5.88 Å². The van der Waals surface area contributed by atoms with E-state index in [1.165, 1.54) is 4.57 Å². The van der Waals surface area contributed by atoms with E-state index in [1.54, 1.807) is 12.3 Å². The van der Waals surface area contributed by atoms with Gasteiger partial charge in [-0.15, -0.1) is 12.4 Å². The Kier molecular flexibility index (Phi) is 4.21. The zero-order valence-electron chi connectivity index (χ0n) is 6.69. The number of hydrogen-bond acceptors (Lipinski definition) is 3. The molecule has 0 saturated carbocycles. The van der Waals surface area contributed by atoms with Crippen LogP contribution in [0.25, 0.3) is 0 Å². The van der Waals surface area contributed by atoms with Gasteiger partial charge in [0, 0.05) is 6.20 Å². The fraction of sp³-hybridized carbons (Fsp3) is 0.286. The molecule has 1 aromatic heterocycles. The third-order valence-corrected chi connectivity index (χ3v) is 1.29. The molecule has 0 bridgehead atoms. The molecule has 0 saturated heterocycles. The lowest BCUT2D eigenvalue weighted by Gasteiger charge is -2.03. The van der Waals surface area contributed by atoms with Crippen molar-refractivity contribution in [2.45, 2.75) is 6.92 Å². The molecule has 5 heteroatoms. The first-order valence-corrected chi connectivity index (χ1v) is 3.34. The van der Waals surface area contributed by atoms with Crippen molar-refractivity contribution in [2.24, 2.45) is 0 Å². The van der Waals surface area contributed by atoms with Crippen LogP contribution in [0.15, 0.2) is 12.3 Å². The number of nitrogens with zero attached hydrogens (tertiary/aromatic N) is 1. The summed E-state index contributed by atoms with van der Waals surface area (Å²) in [5.74, 6) is 0.419. The zero-order valence-corrected chi connectivity index (χ0v) is 7.50. The topological polar surface area (TPSA) is 57.2 Å². The summed E-state index contributed by atoms with van der Waals surface area (Å²) in [6.45, 7) is 2.34. The van der Waals surface area contributed by atoms with Gasteiger partial charge in [0.2, 0.25) is 12.3 Å². The van der Waals surface area contributed by atoms with E-state index in [9.17, 15) is 4.79 Å². The quantitative estimate of drug-likeness (QED) is 0.722. The second-order valence-corrected chi connectivity index (χ2v) is 2.02. The first-order valence-electron chi connectivity index (χ1n) is 3.34. The molecule has 0 unspecified atom stereocenters. The van der Waals surface area contributed by atoms with E-state index in [1.807, 2.05) is 6.92 Å². The third kappa shape index (κ3) is 1.92. The Morgan fingerprint density at radius 1 is 1.75 bits per heavy atom. The first-order chi connectivity index (χ1) is 5.29. The number of carbonyl (C=O) groups is 1. The monoisotopic (exact) mass is 190 g/mol. The zero-order chi connectivity index (χ0) is 8.27. The van der Waals surface area contributed by atoms with Crippen molar-refractivity contribution in [2.75, 3.05) is 12.3 Å². The molecule has 12 heavy (non-hydrogen) atoms. The average molecular weight is 191 g/mol. The lowest BCUT2D eigenvalue weighted by atomic mass is 10.5. The summed E-state index contributed by atoms with van der Waals surface area (Å²) in [6.07, 6.45) is 2.22. The molecule has 68 valence electrons. The van der Waals surface area contributed by atoms with Gasteiger partial charge in [-0.05, 0) is 13.0 Å². The van der Waals surface area contributed by atoms with Crippen molar-refractivity contribution in [3.05, 3.63) is 12.3 Å². The minimum absolute atomic E-state index is 0. The molecule has 0 spiro atoms. The largest absolute Gasteiger partial charge is 0.477 e. The Morgan fingerprint density at radius 3 is 2.92 bits per heavy atom. The van der Waals surface area contributed by atoms with Crippen LogP contribution in [0.4, 0.5) is 5.69 Å². The van der Waals surface area contributed by atoms with Crippen molar-refractivity contribution >= 4 is 24.5 Å². The van der Waals surface area contributed by atoms with E-state index in [0.29, 0.717) is 24.6 Å². The number of aromatic nitrogens is 1. The number of carbonyl (C=O) groups excluding carboxylic acids is 1. The second-order valence-electron chi connectivity index (χ2n) is 2.02. The second kappa shape index (κ2) is 4.66. The van der Waals surface area contributed by atoms with E-state index < -0.39 is 0 Å². The molecule has 0 atom stereocenters. The van der Waals surface area contributed by atoms with Gasteiger partial charge < -0.3 is 10.5 Å². The highest BCUT2D eigenvalue weighted by molar-refractivity contribution is 5.85. The number of hydrogen-bond donors (Lipinski definition) is 1. The third-order valence-electron chi connectivity index (χ3n) is 1.29. The number of halogens is 1. The predicted octanol–water partition coefficient (Wildman–Crippen LogP) is 0.929. The molecule has 0 radical (unpaired) electrons. The molecule has 1 aromatic rings. The van der Waals surface area contributed by atoms with Gasteiger partial charge in [0.05, 0.1) is 12.3 Å². The molecule has 1 rings (SSSR count). The Labute approximate surface area is 76.7 Å². The van der Waals surface area contributed by atoms with Crippen LogP contribution in [0.1, 0.15) is 6.92 Å². The maximum Gasteiger partial charge on any atom is 0.224 e. The van der Waals surface area contributed by atoms with E-state index >= 15 is 0 Å². The van der Waals surface area contributed by atoms with Gasteiger partial charge in [0.15, 0.2) is 0 Å². The summed E-state index contributed by atoms with van der Waals surface area (Å²) < 4.78 is 6.41. The smallest absolute Gasteiger partial charge is 0.224 e. The van der Waals surface area contributed by atoms with E-state index in [2.05, 4.69) is 0 Å². The van der Waals surface area contributed by atoms with Crippen LogP contribution in [0, 0.1) is 0 Å². The Balaban J connectivity index is 0.00000121. The molecule has 1 heterocycles. The molecule has 0 aliphatic carbocycles. The van der Waals surface area contributed by atoms with Crippen molar-refractivity contribution < 1.29 is 9.53 Å². The van der Waals surface area contributed by atoms with Crippen molar-refractivity contribution in [1.82, 2.24) is 4.57 Å². The molecule has 4 nitrogen and oxygen atoms in total. The van der Waals surface area contributed by atoms with Gasteiger partial charge >= 0.3 is 0 Å². The van der Waals surface area contributed by atoms with Crippen molar-refractivity contribution in [3.8, 4) is 5.88 Å². The number of nitrogens with two attached hydrogens (primary N) is 1. The Morgan fingerprint density at radius 2 is 2.42 bits per heavy atom. The van der Waals surface area contributed by atoms with Crippen LogP contribution in [-0.4, -0.2) is 17.6 Å². The van der Waals surface area contributed by atoms with Gasteiger partial charge in [-0.25, -0.2) is 0 Å². The fourth-order valence-electron chi connectivity index (χ4n) is 0.826. The maximum atomic E-state index is 10.3. The lowest BCUT2D eigenvalue weighted by molar-refractivity contribution is 0.323. The van der Waals surface area contributed by atoms with Gasteiger partial charge in [-0.3, -0.25) is 9.36 Å². The van der Waals surface area contributed by atoms with E-state index in [4.69, 9.17) is 10.5 Å². The normalized spacial score (nSPS) is 8.75. The lowest BCUT2D eigenvalue weighted by Crippen LogP contribution is -2.02. The molecular weight excluding hydrogens is 180 g/mol. The molecule has 0 fully saturated rings. The molecule has 0 aliphatic rings. The SMILES string of the molecule is CCOc1c(N)ccn1C=O.Cl. The Hall–Kier alpha value is -1.16. The van der Waals surface area contributed by atoms with Gasteiger partial charge in [-0.1, -0.05) is 0 Å². The number of nitrogen functional groups attached to an aromatic ring is 1. The van der Waals surface area contributed by atoms with Gasteiger partial charge in [0.25, 0.3) is 0 Å². The summed E-state index contributed by atoms with van der Waals surface area (Å²) in [6, 6.07) is 1.62. The van der Waals surface area contributed by atoms with Crippen LogP contribution < -0.4 is 10.5 Å².